The molecular weight excluding hydrogens is 713 g/mol. The number of hydrogen-bond donors (Lipinski definition) is 0. The van der Waals surface area contributed by atoms with E-state index in [1.165, 1.54) is 0 Å². The van der Waals surface area contributed by atoms with Gasteiger partial charge in [-0.2, -0.15) is 0 Å². The second-order valence-electron chi connectivity index (χ2n) is 14.9. The molecule has 0 spiro atoms. The zero-order chi connectivity index (χ0) is 37.9. The van der Waals surface area contributed by atoms with Gasteiger partial charge in [0.1, 0.15) is 34.0 Å². The Hall–Kier alpha value is -7.96. The van der Waals surface area contributed by atoms with Crippen molar-refractivity contribution in [3.63, 3.8) is 0 Å². The second kappa shape index (κ2) is 11.8. The molecule has 6 nitrogen and oxygen atoms in total. The first-order chi connectivity index (χ1) is 28.8. The highest BCUT2D eigenvalue weighted by Gasteiger charge is 2.23. The van der Waals surface area contributed by atoms with Crippen molar-refractivity contribution in [3.05, 3.63) is 182 Å². The van der Waals surface area contributed by atoms with Crippen LogP contribution in [-0.4, -0.2) is 19.1 Å². The van der Waals surface area contributed by atoms with Crippen LogP contribution in [0, 0.1) is 0 Å². The summed E-state index contributed by atoms with van der Waals surface area (Å²) in [5.41, 5.74) is 11.3. The molecule has 13 rings (SSSR count). The molecule has 6 aromatic heterocycles. The first-order valence-corrected chi connectivity index (χ1v) is 19.5. The number of nitrogens with zero attached hydrogens (tertiary/aromatic N) is 4. The number of para-hydroxylation sites is 6. The summed E-state index contributed by atoms with van der Waals surface area (Å²) >= 11 is 0. The van der Waals surface area contributed by atoms with Crippen molar-refractivity contribution in [2.24, 2.45) is 0 Å². The second-order valence-corrected chi connectivity index (χ2v) is 14.9. The van der Waals surface area contributed by atoms with E-state index >= 15 is 0 Å². The van der Waals surface area contributed by atoms with Gasteiger partial charge in [0.15, 0.2) is 0 Å². The largest absolute Gasteiger partial charge is 0.455 e. The minimum absolute atomic E-state index is 0.819. The average Bonchev–Trinajstić information content (AvgIpc) is 4.04. The molecule has 58 heavy (non-hydrogen) atoms. The smallest absolute Gasteiger partial charge is 0.144 e. The van der Waals surface area contributed by atoms with Gasteiger partial charge >= 0.3 is 0 Å². The molecule has 0 unspecified atom stereocenters. The van der Waals surface area contributed by atoms with E-state index in [9.17, 15) is 0 Å². The number of fused-ring (bicyclic) bond motifs is 13. The lowest BCUT2D eigenvalue weighted by Crippen LogP contribution is -2.02. The monoisotopic (exact) mass is 742 g/mol. The maximum absolute atomic E-state index is 6.48. The minimum atomic E-state index is 0.819. The minimum Gasteiger partial charge on any atom is -0.455 e. The van der Waals surface area contributed by atoms with Crippen molar-refractivity contribution in [2.75, 3.05) is 0 Å². The third-order valence-corrected chi connectivity index (χ3v) is 11.8. The molecule has 0 bridgehead atoms. The molecule has 270 valence electrons. The average molecular weight is 743 g/mol. The lowest BCUT2D eigenvalue weighted by molar-refractivity contribution is 0.669. The van der Waals surface area contributed by atoms with Crippen molar-refractivity contribution in [3.8, 4) is 34.2 Å². The predicted molar refractivity (Wildman–Crippen MR) is 236 cm³/mol. The van der Waals surface area contributed by atoms with Crippen molar-refractivity contribution < 1.29 is 8.83 Å². The number of hydrogen-bond acceptors (Lipinski definition) is 4. The van der Waals surface area contributed by atoms with Crippen LogP contribution in [0.1, 0.15) is 0 Å². The molecule has 0 saturated heterocycles. The predicted octanol–water partition coefficient (Wildman–Crippen LogP) is 13.8. The summed E-state index contributed by atoms with van der Waals surface area (Å²) in [7, 11) is 0. The molecule has 0 aliphatic carbocycles. The summed E-state index contributed by atoms with van der Waals surface area (Å²) in [6.45, 7) is 0. The summed E-state index contributed by atoms with van der Waals surface area (Å²) < 4.78 is 17.6. The number of furan rings is 2. The van der Waals surface area contributed by atoms with E-state index in [-0.39, 0.29) is 0 Å². The van der Waals surface area contributed by atoms with Gasteiger partial charge in [0.25, 0.3) is 0 Å². The lowest BCUT2D eigenvalue weighted by atomic mass is 10.1. The Morgan fingerprint density at radius 2 is 0.707 bits per heavy atom. The Bertz CT molecular complexity index is 3570. The number of benzene rings is 7. The first kappa shape index (κ1) is 31.3. The van der Waals surface area contributed by atoms with Gasteiger partial charge in [0.2, 0.25) is 0 Å². The van der Waals surface area contributed by atoms with E-state index in [0.717, 1.165) is 122 Å². The number of pyridine rings is 2. The molecule has 0 saturated carbocycles. The first-order valence-electron chi connectivity index (χ1n) is 19.5. The van der Waals surface area contributed by atoms with E-state index in [0.29, 0.717) is 0 Å². The van der Waals surface area contributed by atoms with Crippen LogP contribution >= 0.6 is 0 Å². The van der Waals surface area contributed by atoms with Crippen molar-refractivity contribution in [1.29, 1.82) is 0 Å². The Morgan fingerprint density at radius 3 is 1.19 bits per heavy atom. The Labute approximate surface area is 330 Å². The fourth-order valence-electron chi connectivity index (χ4n) is 9.27. The Morgan fingerprint density at radius 1 is 0.310 bits per heavy atom. The fourth-order valence-corrected chi connectivity index (χ4v) is 9.27. The molecule has 0 fully saturated rings. The highest BCUT2D eigenvalue weighted by molar-refractivity contribution is 6.24. The highest BCUT2D eigenvalue weighted by Crippen LogP contribution is 2.43. The topological polar surface area (TPSA) is 61.9 Å². The van der Waals surface area contributed by atoms with Crippen LogP contribution in [-0.2, 0) is 0 Å². The van der Waals surface area contributed by atoms with Crippen LogP contribution in [0.15, 0.2) is 191 Å². The van der Waals surface area contributed by atoms with E-state index in [4.69, 9.17) is 18.8 Å². The molecule has 0 N–H and O–H groups in total. The Kier molecular flexibility index (Phi) is 6.35. The van der Waals surface area contributed by atoms with Crippen LogP contribution in [0.3, 0.4) is 0 Å². The zero-order valence-electron chi connectivity index (χ0n) is 30.9. The maximum atomic E-state index is 6.48. The van der Waals surface area contributed by atoms with Crippen LogP contribution < -0.4 is 0 Å². The normalized spacial score (nSPS) is 12.1. The summed E-state index contributed by atoms with van der Waals surface area (Å²) in [5.74, 6) is 1.64. The molecule has 0 radical (unpaired) electrons. The van der Waals surface area contributed by atoms with Crippen molar-refractivity contribution >= 4 is 87.5 Å². The lowest BCUT2D eigenvalue weighted by Gasteiger charge is -2.13. The van der Waals surface area contributed by atoms with Gasteiger partial charge in [-0.1, -0.05) is 121 Å². The molecule has 0 aliphatic heterocycles. The summed E-state index contributed by atoms with van der Waals surface area (Å²) in [4.78, 5) is 10.9. The summed E-state index contributed by atoms with van der Waals surface area (Å²) in [6, 6.07) is 63.3. The van der Waals surface area contributed by atoms with Gasteiger partial charge in [-0.15, -0.1) is 0 Å². The van der Waals surface area contributed by atoms with Gasteiger partial charge in [0, 0.05) is 54.2 Å². The molecular formula is C52H30N4O2. The zero-order valence-corrected chi connectivity index (χ0v) is 30.9. The third kappa shape index (κ3) is 4.31. The molecule has 6 heteroatoms. The van der Waals surface area contributed by atoms with Gasteiger partial charge in [-0.3, -0.25) is 9.13 Å². The van der Waals surface area contributed by atoms with Gasteiger partial charge in [-0.25, -0.2) is 9.97 Å². The maximum Gasteiger partial charge on any atom is 0.144 e. The molecule has 6 heterocycles. The van der Waals surface area contributed by atoms with Gasteiger partial charge in [-0.05, 0) is 60.7 Å². The SMILES string of the molecule is c1cc(-c2cccc3c2oc2ccccc23)nc(-n2c3ccccc3c3ccc4c5ccccc5n(-c5cccc(-c6cccc7c6oc6ccccc67)n5)c4c32)c1. The highest BCUT2D eigenvalue weighted by atomic mass is 16.3. The standard InChI is InChI=1S/C52H30N4O2/c1-5-23-43-31(13-1)35-29-30-36-32-14-2-6-24-44(32)56(48-28-12-22-42(54-48)40-20-10-18-38-34-16-4-8-26-46(34)58-52(38)40)50(36)49(35)55(43)47-27-11-21-41(53-47)39-19-9-17-37-33-15-3-7-25-45(33)57-51(37)39/h1-30H. The summed E-state index contributed by atoms with van der Waals surface area (Å²) in [5, 5.41) is 8.94. The van der Waals surface area contributed by atoms with Crippen molar-refractivity contribution in [2.45, 2.75) is 0 Å². The number of aromatic nitrogens is 4. The molecule has 0 aliphatic rings. The van der Waals surface area contributed by atoms with Crippen molar-refractivity contribution in [1.82, 2.24) is 19.1 Å². The van der Waals surface area contributed by atoms with Crippen LogP contribution in [0.2, 0.25) is 0 Å². The molecule has 13 aromatic rings. The molecule has 7 aromatic carbocycles. The fraction of sp³-hybridized carbons (Fsp3) is 0. The quantitative estimate of drug-likeness (QED) is 0.180. The van der Waals surface area contributed by atoms with Gasteiger partial charge < -0.3 is 8.83 Å². The van der Waals surface area contributed by atoms with Crippen LogP contribution in [0.5, 0.6) is 0 Å². The summed E-state index contributed by atoms with van der Waals surface area (Å²) in [6.07, 6.45) is 0. The van der Waals surface area contributed by atoms with E-state index in [1.54, 1.807) is 0 Å². The van der Waals surface area contributed by atoms with Gasteiger partial charge in [0.05, 0.1) is 33.5 Å². The molecule has 0 atom stereocenters. The van der Waals surface area contributed by atoms with E-state index < -0.39 is 0 Å². The van der Waals surface area contributed by atoms with E-state index in [2.05, 4.69) is 167 Å². The van der Waals surface area contributed by atoms with Crippen LogP contribution in [0.25, 0.3) is 122 Å². The van der Waals surface area contributed by atoms with Crippen LogP contribution in [0.4, 0.5) is 0 Å². The Balaban J connectivity index is 1.09. The third-order valence-electron chi connectivity index (χ3n) is 11.8. The molecule has 0 amide bonds. The number of rotatable bonds is 4. The van der Waals surface area contributed by atoms with E-state index in [1.807, 2.05) is 24.3 Å².